The number of aromatic hydroxyl groups is 1. The van der Waals surface area contributed by atoms with E-state index < -0.39 is 11.6 Å². The highest BCUT2D eigenvalue weighted by molar-refractivity contribution is 6.03. The molecule has 0 amide bonds. The van der Waals surface area contributed by atoms with Gasteiger partial charge in [0, 0.05) is 54.9 Å². The fourth-order valence-corrected chi connectivity index (χ4v) is 8.64. The van der Waals surface area contributed by atoms with Gasteiger partial charge < -0.3 is 20.1 Å². The summed E-state index contributed by atoms with van der Waals surface area (Å²) in [5.41, 5.74) is 1.21. The molecule has 10 heteroatoms. The first-order valence-corrected chi connectivity index (χ1v) is 15.7. The van der Waals surface area contributed by atoms with E-state index in [1.807, 2.05) is 0 Å². The smallest absolute Gasteiger partial charge is 0.319 e. The van der Waals surface area contributed by atoms with E-state index in [4.69, 9.17) is 16.1 Å². The molecule has 228 valence electrons. The minimum absolute atomic E-state index is 0.0240. The summed E-state index contributed by atoms with van der Waals surface area (Å²) in [6.07, 6.45) is 12.6. The largest absolute Gasteiger partial charge is 0.508 e. The van der Waals surface area contributed by atoms with Gasteiger partial charge >= 0.3 is 6.01 Å². The molecule has 45 heavy (non-hydrogen) atoms. The van der Waals surface area contributed by atoms with Crippen LogP contribution >= 0.6 is 0 Å². The van der Waals surface area contributed by atoms with Crippen LogP contribution in [0.5, 0.6) is 11.8 Å². The van der Waals surface area contributed by atoms with Crippen LogP contribution < -0.4 is 15.0 Å². The van der Waals surface area contributed by atoms with Gasteiger partial charge in [0.05, 0.1) is 16.5 Å². The molecule has 9 rings (SSSR count). The number of terminal acetylenes is 1. The number of phenolic OH excluding ortho intramolecular Hbond substituents is 1. The molecule has 0 unspecified atom stereocenters. The van der Waals surface area contributed by atoms with Crippen LogP contribution in [0.4, 0.5) is 14.6 Å². The zero-order valence-corrected chi connectivity index (χ0v) is 24.7. The molecule has 2 bridgehead atoms. The van der Waals surface area contributed by atoms with Crippen LogP contribution in [-0.4, -0.2) is 74.9 Å². The van der Waals surface area contributed by atoms with Gasteiger partial charge in [-0.25, -0.2) is 8.78 Å². The number of phenols is 1. The van der Waals surface area contributed by atoms with Gasteiger partial charge in [-0.05, 0) is 61.6 Å². The number of nitrogens with zero attached hydrogens (tertiary/aromatic N) is 5. The number of nitrogens with one attached hydrogen (secondary N) is 1. The third-order valence-corrected chi connectivity index (χ3v) is 10.6. The Morgan fingerprint density at radius 3 is 2.80 bits per heavy atom. The van der Waals surface area contributed by atoms with Gasteiger partial charge in [-0.15, -0.1) is 6.42 Å². The quantitative estimate of drug-likeness (QED) is 0.245. The number of rotatable bonds is 5. The molecule has 2 aromatic carbocycles. The Morgan fingerprint density at radius 1 is 1.18 bits per heavy atom. The molecule has 2 aromatic heterocycles. The molecule has 1 saturated carbocycles. The fourth-order valence-electron chi connectivity index (χ4n) is 8.64. The second-order valence-corrected chi connectivity index (χ2v) is 13.5. The fraction of sp³-hybridized carbons (Fsp3) is 0.400. The number of aromatic nitrogens is 3. The molecule has 4 saturated heterocycles. The summed E-state index contributed by atoms with van der Waals surface area (Å²) in [7, 11) is 0. The third kappa shape index (κ3) is 4.14. The first-order chi connectivity index (χ1) is 21.8. The molecule has 5 atom stereocenters. The number of fused-ring (bicyclic) bond motifs is 7. The molecule has 5 aliphatic rings. The Balaban J connectivity index is 1.18. The number of halogens is 2. The number of anilines is 1. The van der Waals surface area contributed by atoms with Gasteiger partial charge in [-0.3, -0.25) is 9.88 Å². The van der Waals surface area contributed by atoms with E-state index in [0.29, 0.717) is 52.6 Å². The van der Waals surface area contributed by atoms with Crippen molar-refractivity contribution in [3.05, 3.63) is 59.8 Å². The Hall–Kier alpha value is -4.33. The summed E-state index contributed by atoms with van der Waals surface area (Å²) in [6.45, 7) is 7.02. The minimum Gasteiger partial charge on any atom is -0.508 e. The van der Waals surface area contributed by atoms with Gasteiger partial charge in [-0.1, -0.05) is 24.1 Å². The Morgan fingerprint density at radius 2 is 2.00 bits per heavy atom. The molecule has 6 heterocycles. The lowest BCUT2D eigenvalue weighted by Gasteiger charge is -2.35. The molecule has 0 spiro atoms. The highest BCUT2D eigenvalue weighted by atomic mass is 19.1. The Kier molecular flexibility index (Phi) is 5.76. The highest BCUT2D eigenvalue weighted by Crippen LogP contribution is 2.57. The molecular formula is C35H32F2N6O2. The Labute approximate surface area is 259 Å². The molecule has 0 radical (unpaired) electrons. The summed E-state index contributed by atoms with van der Waals surface area (Å²) in [4.78, 5) is 18.8. The first kappa shape index (κ1) is 27.0. The van der Waals surface area contributed by atoms with Crippen LogP contribution in [0.1, 0.15) is 37.7 Å². The van der Waals surface area contributed by atoms with Gasteiger partial charge in [-0.2, -0.15) is 9.97 Å². The van der Waals surface area contributed by atoms with E-state index in [1.54, 1.807) is 6.20 Å². The zero-order valence-electron chi connectivity index (χ0n) is 24.7. The summed E-state index contributed by atoms with van der Waals surface area (Å²) in [5.74, 6) is 2.24. The van der Waals surface area contributed by atoms with Gasteiger partial charge in [0.1, 0.15) is 35.2 Å². The minimum atomic E-state index is -0.714. The van der Waals surface area contributed by atoms with E-state index in [0.717, 1.165) is 45.3 Å². The van der Waals surface area contributed by atoms with Crippen molar-refractivity contribution >= 4 is 27.5 Å². The lowest BCUT2D eigenvalue weighted by Crippen LogP contribution is -2.51. The van der Waals surface area contributed by atoms with E-state index in [2.05, 4.69) is 37.6 Å². The predicted octanol–water partition coefficient (Wildman–Crippen LogP) is 4.92. The van der Waals surface area contributed by atoms with E-state index in [9.17, 15) is 9.50 Å². The van der Waals surface area contributed by atoms with Crippen molar-refractivity contribution in [2.75, 3.05) is 31.1 Å². The second-order valence-electron chi connectivity index (χ2n) is 13.5. The van der Waals surface area contributed by atoms with Gasteiger partial charge in [0.15, 0.2) is 5.82 Å². The topological polar surface area (TPSA) is 86.6 Å². The number of piperidine rings is 1. The number of piperazine rings is 1. The van der Waals surface area contributed by atoms with Gasteiger partial charge in [0.25, 0.3) is 0 Å². The molecule has 5 fully saturated rings. The van der Waals surface area contributed by atoms with Crippen molar-refractivity contribution in [2.45, 2.75) is 55.8 Å². The monoisotopic (exact) mass is 606 g/mol. The van der Waals surface area contributed by atoms with Crippen molar-refractivity contribution < 1.29 is 18.6 Å². The number of ether oxygens (including phenoxy) is 1. The van der Waals surface area contributed by atoms with Crippen LogP contribution in [-0.2, 0) is 0 Å². The predicted molar refractivity (Wildman–Crippen MR) is 167 cm³/mol. The summed E-state index contributed by atoms with van der Waals surface area (Å²) in [5, 5.41) is 15.4. The van der Waals surface area contributed by atoms with Crippen LogP contribution in [0.3, 0.4) is 0 Å². The van der Waals surface area contributed by atoms with Crippen molar-refractivity contribution in [2.24, 2.45) is 5.92 Å². The lowest BCUT2D eigenvalue weighted by atomic mass is 9.92. The van der Waals surface area contributed by atoms with Crippen LogP contribution in [0.25, 0.3) is 32.9 Å². The van der Waals surface area contributed by atoms with Crippen LogP contribution in [0.15, 0.2) is 42.6 Å². The molecule has 1 aliphatic carbocycles. The number of hydrogen-bond donors (Lipinski definition) is 2. The zero-order chi connectivity index (χ0) is 30.6. The SMILES string of the molecule is C#Cc1c(F)ccc2cc(O)cc(-c3ncc4c(N5C[C@H]6CC[C@@H](C5)N6)nc(OC[C@]56CC(=C)CN5[C@@H]5C[C@@H]5C6)nc4c3F)c12. The first-order valence-electron chi connectivity index (χ1n) is 15.7. The van der Waals surface area contributed by atoms with Crippen molar-refractivity contribution in [3.63, 3.8) is 0 Å². The summed E-state index contributed by atoms with van der Waals surface area (Å²) in [6, 6.07) is 6.94. The van der Waals surface area contributed by atoms with Crippen molar-refractivity contribution in [3.8, 4) is 35.4 Å². The van der Waals surface area contributed by atoms with Crippen molar-refractivity contribution in [1.82, 2.24) is 25.2 Å². The average molecular weight is 607 g/mol. The normalized spacial score (nSPS) is 28.5. The third-order valence-electron chi connectivity index (χ3n) is 10.6. The number of benzene rings is 2. The molecule has 4 aromatic rings. The Bertz CT molecular complexity index is 1980. The maximum atomic E-state index is 16.8. The van der Waals surface area contributed by atoms with Crippen molar-refractivity contribution in [1.29, 1.82) is 0 Å². The molecule has 8 nitrogen and oxygen atoms in total. The van der Waals surface area contributed by atoms with E-state index in [1.165, 1.54) is 36.3 Å². The van der Waals surface area contributed by atoms with Crippen LogP contribution in [0, 0.1) is 29.9 Å². The van der Waals surface area contributed by atoms with E-state index >= 15 is 4.39 Å². The number of pyridine rings is 1. The molecule has 4 aliphatic heterocycles. The standard InChI is InChI=1S/C35H32F2N6O2/c1-3-24-27(36)7-4-19-8-23(44)10-25(29(19)24)31-30(37)32-26(13-38-31)33(42-15-21-5-6-22(16-42)39-21)41-34(40-32)45-17-35-11-18(2)14-43(35)28-9-20(28)12-35/h1,4,7-8,10,13,20-22,28,39,44H,2,5-6,9,11-12,14-17H2/t20-,21-,22+,28-,35-/m1/s1. The maximum Gasteiger partial charge on any atom is 0.319 e. The summed E-state index contributed by atoms with van der Waals surface area (Å²) >= 11 is 0. The molecular weight excluding hydrogens is 574 g/mol. The average Bonchev–Trinajstić information content (AvgIpc) is 3.44. The van der Waals surface area contributed by atoms with E-state index in [-0.39, 0.29) is 39.6 Å². The molecule has 2 N–H and O–H groups in total. The maximum absolute atomic E-state index is 16.8. The number of hydrogen-bond acceptors (Lipinski definition) is 8. The highest BCUT2D eigenvalue weighted by Gasteiger charge is 2.62. The second kappa shape index (κ2) is 9.59. The summed E-state index contributed by atoms with van der Waals surface area (Å²) < 4.78 is 38.1. The lowest BCUT2D eigenvalue weighted by molar-refractivity contribution is 0.0867. The van der Waals surface area contributed by atoms with Crippen LogP contribution in [0.2, 0.25) is 0 Å². The van der Waals surface area contributed by atoms with Gasteiger partial charge in [0.2, 0.25) is 0 Å².